The molecule has 1 aromatic carbocycles. The summed E-state index contributed by atoms with van der Waals surface area (Å²) in [5, 5.41) is 3.67. The van der Waals surface area contributed by atoms with Crippen molar-refractivity contribution in [2.24, 2.45) is 0 Å². The second-order valence-corrected chi connectivity index (χ2v) is 6.18. The van der Waals surface area contributed by atoms with Gasteiger partial charge in [-0.15, -0.1) is 0 Å². The zero-order chi connectivity index (χ0) is 18.2. The summed E-state index contributed by atoms with van der Waals surface area (Å²) in [6.07, 6.45) is 1.30. The summed E-state index contributed by atoms with van der Waals surface area (Å²) in [6, 6.07) is 7.28. The molecular weight excluding hydrogens is 364 g/mol. The van der Waals surface area contributed by atoms with Gasteiger partial charge in [-0.1, -0.05) is 41.6 Å². The fourth-order valence-corrected chi connectivity index (χ4v) is 2.69. The van der Waals surface area contributed by atoms with E-state index in [-0.39, 0.29) is 29.6 Å². The lowest BCUT2D eigenvalue weighted by Gasteiger charge is -2.07. The number of thioether (sulfide) groups is 1. The Hall–Kier alpha value is -2.32. The second kappa shape index (κ2) is 9.24. The normalized spacial score (nSPS) is 10.3. The van der Waals surface area contributed by atoms with Crippen LogP contribution in [0.5, 0.6) is 0 Å². The van der Waals surface area contributed by atoms with Gasteiger partial charge in [0.2, 0.25) is 5.91 Å². The van der Waals surface area contributed by atoms with Crippen molar-refractivity contribution in [3.8, 4) is 0 Å². The highest BCUT2D eigenvalue weighted by atomic mass is 35.5. The maximum Gasteiger partial charge on any atom is 0.343 e. The van der Waals surface area contributed by atoms with E-state index in [0.29, 0.717) is 16.7 Å². The van der Waals surface area contributed by atoms with Gasteiger partial charge >= 0.3 is 5.97 Å². The molecule has 0 spiro atoms. The van der Waals surface area contributed by atoms with E-state index >= 15 is 0 Å². The van der Waals surface area contributed by atoms with Gasteiger partial charge in [-0.3, -0.25) is 4.79 Å². The SMILES string of the molecule is CCOC(=O)c1cnc(SCC(=O)NCc2ccccc2Cl)nc1N. The van der Waals surface area contributed by atoms with Crippen molar-refractivity contribution >= 4 is 41.1 Å². The van der Waals surface area contributed by atoms with Crippen LogP contribution < -0.4 is 11.1 Å². The molecule has 1 heterocycles. The Bertz CT molecular complexity index is 773. The van der Waals surface area contributed by atoms with E-state index in [4.69, 9.17) is 22.1 Å². The van der Waals surface area contributed by atoms with Crippen molar-refractivity contribution in [3.63, 3.8) is 0 Å². The van der Waals surface area contributed by atoms with Gasteiger partial charge in [0.25, 0.3) is 0 Å². The van der Waals surface area contributed by atoms with Gasteiger partial charge in [-0.2, -0.15) is 0 Å². The molecule has 3 N–H and O–H groups in total. The highest BCUT2D eigenvalue weighted by Crippen LogP contribution is 2.17. The Morgan fingerprint density at radius 1 is 1.36 bits per heavy atom. The number of nitrogen functional groups attached to an aromatic ring is 1. The van der Waals surface area contributed by atoms with Crippen LogP contribution in [0.1, 0.15) is 22.8 Å². The van der Waals surface area contributed by atoms with Crippen molar-refractivity contribution in [1.82, 2.24) is 15.3 Å². The van der Waals surface area contributed by atoms with Crippen LogP contribution in [-0.4, -0.2) is 34.2 Å². The summed E-state index contributed by atoms with van der Waals surface area (Å²) < 4.78 is 4.85. The molecule has 0 saturated heterocycles. The van der Waals surface area contributed by atoms with Gasteiger partial charge in [0.15, 0.2) is 5.16 Å². The van der Waals surface area contributed by atoms with E-state index in [1.165, 1.54) is 6.20 Å². The van der Waals surface area contributed by atoms with E-state index in [0.717, 1.165) is 17.3 Å². The maximum absolute atomic E-state index is 11.9. The largest absolute Gasteiger partial charge is 0.462 e. The summed E-state index contributed by atoms with van der Waals surface area (Å²) in [5.41, 5.74) is 6.67. The Balaban J connectivity index is 1.86. The van der Waals surface area contributed by atoms with Crippen LogP contribution in [-0.2, 0) is 16.1 Å². The fraction of sp³-hybridized carbons (Fsp3) is 0.250. The molecular formula is C16H17ClN4O3S. The minimum atomic E-state index is -0.575. The van der Waals surface area contributed by atoms with E-state index in [1.54, 1.807) is 13.0 Å². The van der Waals surface area contributed by atoms with E-state index in [1.807, 2.05) is 18.2 Å². The number of benzene rings is 1. The second-order valence-electron chi connectivity index (χ2n) is 4.83. The Kier molecular flexibility index (Phi) is 7.03. The monoisotopic (exact) mass is 380 g/mol. The van der Waals surface area contributed by atoms with E-state index < -0.39 is 5.97 Å². The van der Waals surface area contributed by atoms with E-state index in [9.17, 15) is 9.59 Å². The number of nitrogens with two attached hydrogens (primary N) is 1. The number of hydrogen-bond acceptors (Lipinski definition) is 7. The van der Waals surface area contributed by atoms with Gasteiger partial charge in [-0.25, -0.2) is 14.8 Å². The van der Waals surface area contributed by atoms with Crippen LogP contribution in [0.25, 0.3) is 0 Å². The third kappa shape index (κ3) is 5.61. The molecule has 0 saturated carbocycles. The number of rotatable bonds is 7. The first-order chi connectivity index (χ1) is 12.0. The van der Waals surface area contributed by atoms with Crippen molar-refractivity contribution in [3.05, 3.63) is 46.6 Å². The summed E-state index contributed by atoms with van der Waals surface area (Å²) in [7, 11) is 0. The van der Waals surface area contributed by atoms with Gasteiger partial charge in [0.1, 0.15) is 11.4 Å². The molecule has 1 aromatic heterocycles. The van der Waals surface area contributed by atoms with E-state index in [2.05, 4.69) is 15.3 Å². The minimum Gasteiger partial charge on any atom is -0.462 e. The predicted octanol–water partition coefficient (Wildman–Crippen LogP) is 2.30. The molecule has 0 fully saturated rings. The summed E-state index contributed by atoms with van der Waals surface area (Å²) >= 11 is 7.15. The number of ether oxygens (including phenoxy) is 1. The van der Waals surface area contributed by atoms with Crippen molar-refractivity contribution in [2.45, 2.75) is 18.6 Å². The van der Waals surface area contributed by atoms with Gasteiger partial charge in [0.05, 0.1) is 12.4 Å². The molecule has 0 aliphatic rings. The average molecular weight is 381 g/mol. The first-order valence-corrected chi connectivity index (χ1v) is 8.80. The third-order valence-corrected chi connectivity index (χ3v) is 4.29. The summed E-state index contributed by atoms with van der Waals surface area (Å²) in [4.78, 5) is 31.6. The molecule has 1 amide bonds. The van der Waals surface area contributed by atoms with Gasteiger partial charge < -0.3 is 15.8 Å². The number of aromatic nitrogens is 2. The molecule has 7 nitrogen and oxygen atoms in total. The highest BCUT2D eigenvalue weighted by Gasteiger charge is 2.14. The number of carbonyl (C=O) groups excluding carboxylic acids is 2. The average Bonchev–Trinajstić information content (AvgIpc) is 2.59. The smallest absolute Gasteiger partial charge is 0.343 e. The number of hydrogen-bond donors (Lipinski definition) is 2. The quantitative estimate of drug-likeness (QED) is 0.431. The zero-order valence-corrected chi connectivity index (χ0v) is 15.1. The lowest BCUT2D eigenvalue weighted by atomic mass is 10.2. The first kappa shape index (κ1) is 19.0. The number of esters is 1. The Labute approximate surface area is 154 Å². The van der Waals surface area contributed by atoms with Crippen molar-refractivity contribution in [1.29, 1.82) is 0 Å². The maximum atomic E-state index is 11.9. The van der Waals surface area contributed by atoms with Gasteiger partial charge in [0, 0.05) is 17.8 Å². The van der Waals surface area contributed by atoms with Crippen LogP contribution in [0.15, 0.2) is 35.6 Å². The zero-order valence-electron chi connectivity index (χ0n) is 13.5. The molecule has 0 atom stereocenters. The summed E-state index contributed by atoms with van der Waals surface area (Å²) in [6.45, 7) is 2.27. The molecule has 0 aliphatic heterocycles. The number of halogens is 1. The molecule has 25 heavy (non-hydrogen) atoms. The fourth-order valence-electron chi connectivity index (χ4n) is 1.83. The van der Waals surface area contributed by atoms with Crippen LogP contribution in [0.3, 0.4) is 0 Å². The third-order valence-electron chi connectivity index (χ3n) is 3.06. The molecule has 0 unspecified atom stereocenters. The number of anilines is 1. The van der Waals surface area contributed by atoms with Crippen LogP contribution in [0, 0.1) is 0 Å². The molecule has 0 radical (unpaired) electrons. The molecule has 2 aromatic rings. The molecule has 0 aliphatic carbocycles. The molecule has 9 heteroatoms. The Morgan fingerprint density at radius 2 is 2.12 bits per heavy atom. The van der Waals surface area contributed by atoms with Gasteiger partial charge in [-0.05, 0) is 18.6 Å². The standard InChI is InChI=1S/C16H17ClN4O3S/c1-2-24-15(23)11-8-20-16(21-14(11)18)25-9-13(22)19-7-10-5-3-4-6-12(10)17/h3-6,8H,2,7,9H2,1H3,(H,19,22)(H2,18,20,21). The topological polar surface area (TPSA) is 107 Å². The van der Waals surface area contributed by atoms with Crippen molar-refractivity contribution in [2.75, 3.05) is 18.1 Å². The predicted molar refractivity (Wildman–Crippen MR) is 96.4 cm³/mol. The van der Waals surface area contributed by atoms with Crippen LogP contribution >= 0.6 is 23.4 Å². The lowest BCUT2D eigenvalue weighted by molar-refractivity contribution is -0.118. The number of amides is 1. The van der Waals surface area contributed by atoms with Crippen LogP contribution in [0.2, 0.25) is 5.02 Å². The molecule has 2 rings (SSSR count). The minimum absolute atomic E-state index is 0.0208. The number of carbonyl (C=O) groups is 2. The molecule has 0 bridgehead atoms. The number of nitrogens with zero attached hydrogens (tertiary/aromatic N) is 2. The first-order valence-electron chi connectivity index (χ1n) is 7.43. The lowest BCUT2D eigenvalue weighted by Crippen LogP contribution is -2.24. The van der Waals surface area contributed by atoms with Crippen LogP contribution in [0.4, 0.5) is 5.82 Å². The Morgan fingerprint density at radius 3 is 2.80 bits per heavy atom. The highest BCUT2D eigenvalue weighted by molar-refractivity contribution is 7.99. The molecule has 132 valence electrons. The summed E-state index contributed by atoms with van der Waals surface area (Å²) in [5.74, 6) is -0.633. The van der Waals surface area contributed by atoms with Crippen molar-refractivity contribution < 1.29 is 14.3 Å². The number of nitrogens with one attached hydrogen (secondary N) is 1.